The minimum atomic E-state index is -0.375. The maximum Gasteiger partial charge on any atom is 0.347 e. The highest BCUT2D eigenvalue weighted by Crippen LogP contribution is 2.18. The standard InChI is InChI=1S/C9H7ClN4OS/c10-5-1-2-6(8(11)16)7(3-5)14-4-12-13-9(14)15/h1-4H,(H2,11,16)(H,13,15). The molecule has 3 N–H and O–H groups in total. The normalized spacial score (nSPS) is 10.3. The predicted octanol–water partition coefficient (Wildman–Crippen LogP) is 0.848. The summed E-state index contributed by atoms with van der Waals surface area (Å²) in [6, 6.07) is 4.93. The highest BCUT2D eigenvalue weighted by molar-refractivity contribution is 7.80. The molecule has 0 radical (unpaired) electrons. The number of thiocarbonyl (C=S) groups is 1. The van der Waals surface area contributed by atoms with Gasteiger partial charge in [-0.05, 0) is 18.2 Å². The van der Waals surface area contributed by atoms with Gasteiger partial charge in [0, 0.05) is 10.6 Å². The molecule has 0 amide bonds. The second-order valence-corrected chi connectivity index (χ2v) is 3.93. The third kappa shape index (κ3) is 1.84. The summed E-state index contributed by atoms with van der Waals surface area (Å²) >= 11 is 10.8. The SMILES string of the molecule is NC(=S)c1ccc(Cl)cc1-n1cn[nH]c1=O. The summed E-state index contributed by atoms with van der Waals surface area (Å²) in [5, 5.41) is 6.40. The van der Waals surface area contributed by atoms with Gasteiger partial charge in [-0.15, -0.1) is 0 Å². The lowest BCUT2D eigenvalue weighted by Gasteiger charge is -2.07. The Labute approximate surface area is 101 Å². The topological polar surface area (TPSA) is 76.7 Å². The molecule has 1 aromatic heterocycles. The fourth-order valence-corrected chi connectivity index (χ4v) is 1.67. The molecule has 82 valence electrons. The van der Waals surface area contributed by atoms with E-state index in [9.17, 15) is 4.79 Å². The van der Waals surface area contributed by atoms with Gasteiger partial charge < -0.3 is 5.73 Å². The van der Waals surface area contributed by atoms with Crippen LogP contribution in [0.15, 0.2) is 29.3 Å². The number of rotatable bonds is 2. The van der Waals surface area contributed by atoms with Crippen LogP contribution in [0.2, 0.25) is 5.02 Å². The molecule has 0 aliphatic carbocycles. The third-order valence-electron chi connectivity index (χ3n) is 2.04. The van der Waals surface area contributed by atoms with E-state index in [1.54, 1.807) is 18.2 Å². The lowest BCUT2D eigenvalue weighted by Crippen LogP contribution is -2.19. The van der Waals surface area contributed by atoms with Crippen molar-refractivity contribution in [3.63, 3.8) is 0 Å². The van der Waals surface area contributed by atoms with Crippen molar-refractivity contribution in [3.05, 3.63) is 45.6 Å². The number of aromatic amines is 1. The first-order valence-corrected chi connectivity index (χ1v) is 5.10. The van der Waals surface area contributed by atoms with Crippen molar-refractivity contribution in [2.24, 2.45) is 5.73 Å². The summed E-state index contributed by atoms with van der Waals surface area (Å²) < 4.78 is 1.29. The Morgan fingerprint density at radius 1 is 1.56 bits per heavy atom. The van der Waals surface area contributed by atoms with Crippen LogP contribution < -0.4 is 11.4 Å². The van der Waals surface area contributed by atoms with Gasteiger partial charge in [-0.1, -0.05) is 23.8 Å². The molecule has 2 rings (SSSR count). The second-order valence-electron chi connectivity index (χ2n) is 3.06. The molecule has 1 heterocycles. The van der Waals surface area contributed by atoms with Gasteiger partial charge in [-0.2, -0.15) is 5.10 Å². The molecular formula is C9H7ClN4OS. The molecule has 5 nitrogen and oxygen atoms in total. The van der Waals surface area contributed by atoms with E-state index in [1.807, 2.05) is 0 Å². The Bertz CT molecular complexity index is 604. The Kier molecular flexibility index (Phi) is 2.76. The van der Waals surface area contributed by atoms with Crippen molar-refractivity contribution >= 4 is 28.8 Å². The summed E-state index contributed by atoms with van der Waals surface area (Å²) in [7, 11) is 0. The van der Waals surface area contributed by atoms with E-state index in [2.05, 4.69) is 10.2 Å². The van der Waals surface area contributed by atoms with Crippen LogP contribution in [0.25, 0.3) is 5.69 Å². The van der Waals surface area contributed by atoms with Gasteiger partial charge in [0.15, 0.2) is 0 Å². The van der Waals surface area contributed by atoms with Crippen LogP contribution in [0.4, 0.5) is 0 Å². The summed E-state index contributed by atoms with van der Waals surface area (Å²) in [6.07, 6.45) is 1.34. The van der Waals surface area contributed by atoms with Crippen molar-refractivity contribution in [2.75, 3.05) is 0 Å². The second kappa shape index (κ2) is 4.07. The smallest absolute Gasteiger partial charge is 0.347 e. The molecule has 16 heavy (non-hydrogen) atoms. The molecule has 0 bridgehead atoms. The van der Waals surface area contributed by atoms with Crippen molar-refractivity contribution in [1.82, 2.24) is 14.8 Å². The van der Waals surface area contributed by atoms with Gasteiger partial charge in [-0.25, -0.2) is 14.5 Å². The maximum atomic E-state index is 11.4. The molecule has 0 saturated carbocycles. The Hall–Kier alpha value is -1.66. The first kappa shape index (κ1) is 10.8. The monoisotopic (exact) mass is 254 g/mol. The Balaban J connectivity index is 2.72. The van der Waals surface area contributed by atoms with E-state index in [1.165, 1.54) is 10.9 Å². The fourth-order valence-electron chi connectivity index (χ4n) is 1.33. The molecule has 0 aliphatic rings. The fraction of sp³-hybridized carbons (Fsp3) is 0. The molecular weight excluding hydrogens is 248 g/mol. The zero-order chi connectivity index (χ0) is 11.7. The van der Waals surface area contributed by atoms with E-state index >= 15 is 0 Å². The number of H-pyrrole nitrogens is 1. The zero-order valence-electron chi connectivity index (χ0n) is 7.98. The molecule has 1 aromatic carbocycles. The van der Waals surface area contributed by atoms with Gasteiger partial charge in [0.25, 0.3) is 0 Å². The van der Waals surface area contributed by atoms with Gasteiger partial charge in [0.1, 0.15) is 11.3 Å². The minimum Gasteiger partial charge on any atom is -0.389 e. The molecule has 2 aromatic rings. The zero-order valence-corrected chi connectivity index (χ0v) is 9.55. The molecule has 0 spiro atoms. The first-order valence-electron chi connectivity index (χ1n) is 4.31. The van der Waals surface area contributed by atoms with Crippen LogP contribution in [-0.2, 0) is 0 Å². The molecule has 0 saturated heterocycles. The van der Waals surface area contributed by atoms with Crippen LogP contribution >= 0.6 is 23.8 Å². The quantitative estimate of drug-likeness (QED) is 0.779. The molecule has 0 unspecified atom stereocenters. The van der Waals surface area contributed by atoms with E-state index in [0.29, 0.717) is 16.3 Å². The minimum absolute atomic E-state index is 0.194. The van der Waals surface area contributed by atoms with E-state index in [-0.39, 0.29) is 10.7 Å². The number of hydrogen-bond acceptors (Lipinski definition) is 3. The van der Waals surface area contributed by atoms with E-state index in [4.69, 9.17) is 29.6 Å². The first-order chi connectivity index (χ1) is 7.59. The summed E-state index contributed by atoms with van der Waals surface area (Å²) in [5.41, 5.74) is 6.27. The number of halogens is 1. The van der Waals surface area contributed by atoms with Crippen molar-refractivity contribution in [1.29, 1.82) is 0 Å². The molecule has 7 heteroatoms. The summed E-state index contributed by atoms with van der Waals surface area (Å²) in [4.78, 5) is 11.6. The lowest BCUT2D eigenvalue weighted by atomic mass is 10.2. The molecule has 0 atom stereocenters. The number of aromatic nitrogens is 3. The van der Waals surface area contributed by atoms with Crippen LogP contribution in [0.1, 0.15) is 5.56 Å². The van der Waals surface area contributed by atoms with Gasteiger partial charge >= 0.3 is 5.69 Å². The van der Waals surface area contributed by atoms with Crippen LogP contribution in [0.5, 0.6) is 0 Å². The number of benzene rings is 1. The lowest BCUT2D eigenvalue weighted by molar-refractivity contribution is 0.980. The van der Waals surface area contributed by atoms with E-state index in [0.717, 1.165) is 0 Å². The number of nitrogens with zero attached hydrogens (tertiary/aromatic N) is 2. The Morgan fingerprint density at radius 2 is 2.31 bits per heavy atom. The van der Waals surface area contributed by atoms with Gasteiger partial charge in [0.05, 0.1) is 5.69 Å². The van der Waals surface area contributed by atoms with Gasteiger partial charge in [-0.3, -0.25) is 0 Å². The van der Waals surface area contributed by atoms with Crippen molar-refractivity contribution < 1.29 is 0 Å². The van der Waals surface area contributed by atoms with Crippen LogP contribution in [0.3, 0.4) is 0 Å². The van der Waals surface area contributed by atoms with Crippen molar-refractivity contribution in [3.8, 4) is 5.69 Å². The Morgan fingerprint density at radius 3 is 2.88 bits per heavy atom. The highest BCUT2D eigenvalue weighted by atomic mass is 35.5. The van der Waals surface area contributed by atoms with Crippen LogP contribution in [0, 0.1) is 0 Å². The highest BCUT2D eigenvalue weighted by Gasteiger charge is 2.10. The maximum absolute atomic E-state index is 11.4. The van der Waals surface area contributed by atoms with Gasteiger partial charge in [0.2, 0.25) is 0 Å². The third-order valence-corrected chi connectivity index (χ3v) is 2.49. The predicted molar refractivity (Wildman–Crippen MR) is 65.1 cm³/mol. The average Bonchev–Trinajstić information content (AvgIpc) is 2.63. The van der Waals surface area contributed by atoms with Crippen LogP contribution in [-0.4, -0.2) is 19.8 Å². The number of nitrogens with one attached hydrogen (secondary N) is 1. The summed E-state index contributed by atoms with van der Waals surface area (Å²) in [6.45, 7) is 0. The number of hydrogen-bond donors (Lipinski definition) is 2. The van der Waals surface area contributed by atoms with Crippen molar-refractivity contribution in [2.45, 2.75) is 0 Å². The summed E-state index contributed by atoms with van der Waals surface area (Å²) in [5.74, 6) is 0. The average molecular weight is 255 g/mol. The largest absolute Gasteiger partial charge is 0.389 e. The molecule has 0 fully saturated rings. The molecule has 0 aliphatic heterocycles. The number of nitrogens with two attached hydrogens (primary N) is 1. The van der Waals surface area contributed by atoms with E-state index < -0.39 is 0 Å².